The fourth-order valence-electron chi connectivity index (χ4n) is 2.73. The Morgan fingerprint density at radius 1 is 1.33 bits per heavy atom. The van der Waals surface area contributed by atoms with Gasteiger partial charge in [0.05, 0.1) is 29.1 Å². The summed E-state index contributed by atoms with van der Waals surface area (Å²) in [5, 5.41) is 0.334. The molecule has 0 radical (unpaired) electrons. The lowest BCUT2D eigenvalue weighted by atomic mass is 10.1. The zero-order chi connectivity index (χ0) is 19.6. The highest BCUT2D eigenvalue weighted by molar-refractivity contribution is 7.97. The molecule has 0 bridgehead atoms. The highest BCUT2D eigenvalue weighted by Crippen LogP contribution is 2.34. The van der Waals surface area contributed by atoms with Crippen molar-refractivity contribution < 1.29 is 13.2 Å². The van der Waals surface area contributed by atoms with Gasteiger partial charge in [-0.1, -0.05) is 11.6 Å². The predicted octanol–water partition coefficient (Wildman–Crippen LogP) is 3.28. The maximum absolute atomic E-state index is 13.0. The molecule has 0 aromatic heterocycles. The number of amides is 1. The molecule has 27 heavy (non-hydrogen) atoms. The van der Waals surface area contributed by atoms with Crippen LogP contribution >= 0.6 is 23.7 Å². The molecule has 1 aromatic carbocycles. The van der Waals surface area contributed by atoms with Gasteiger partial charge in [-0.3, -0.25) is 13.8 Å². The van der Waals surface area contributed by atoms with Crippen LogP contribution in [0.5, 0.6) is 0 Å². The SMILES string of the molecule is CCN(CC)C(=O)c1ccc(Cl)cc1NS(=O)(=O)C1=CC=CN2SNC=C12. The lowest BCUT2D eigenvalue weighted by molar-refractivity contribution is 0.0774. The minimum atomic E-state index is -3.94. The molecule has 2 N–H and O–H groups in total. The Kier molecular flexibility index (Phi) is 5.73. The summed E-state index contributed by atoms with van der Waals surface area (Å²) in [6, 6.07) is 4.55. The first kappa shape index (κ1) is 19.7. The number of halogens is 1. The number of anilines is 1. The van der Waals surface area contributed by atoms with E-state index < -0.39 is 10.0 Å². The minimum Gasteiger partial charge on any atom is -0.339 e. The Morgan fingerprint density at radius 2 is 2.07 bits per heavy atom. The van der Waals surface area contributed by atoms with Crippen LogP contribution in [0.1, 0.15) is 24.2 Å². The third kappa shape index (κ3) is 3.95. The van der Waals surface area contributed by atoms with Gasteiger partial charge in [0, 0.05) is 30.5 Å². The van der Waals surface area contributed by atoms with Crippen LogP contribution < -0.4 is 9.44 Å². The fraction of sp³-hybridized carbons (Fsp3) is 0.235. The van der Waals surface area contributed by atoms with E-state index in [1.807, 2.05) is 13.8 Å². The maximum Gasteiger partial charge on any atom is 0.264 e. The van der Waals surface area contributed by atoms with E-state index in [1.54, 1.807) is 33.7 Å². The smallest absolute Gasteiger partial charge is 0.264 e. The first-order valence-electron chi connectivity index (χ1n) is 8.29. The van der Waals surface area contributed by atoms with Crippen molar-refractivity contribution in [1.82, 2.24) is 13.9 Å². The molecule has 2 aliphatic heterocycles. The van der Waals surface area contributed by atoms with Gasteiger partial charge < -0.3 is 9.62 Å². The summed E-state index contributed by atoms with van der Waals surface area (Å²) < 4.78 is 33.2. The Morgan fingerprint density at radius 3 is 2.78 bits per heavy atom. The van der Waals surface area contributed by atoms with E-state index in [-0.39, 0.29) is 22.1 Å². The molecule has 0 saturated heterocycles. The van der Waals surface area contributed by atoms with Gasteiger partial charge >= 0.3 is 0 Å². The molecule has 1 aromatic rings. The third-order valence-corrected chi connectivity index (χ3v) is 6.49. The zero-order valence-electron chi connectivity index (χ0n) is 14.8. The predicted molar refractivity (Wildman–Crippen MR) is 109 cm³/mol. The van der Waals surface area contributed by atoms with Gasteiger partial charge in [0.2, 0.25) is 0 Å². The Balaban J connectivity index is 1.97. The fourth-order valence-corrected chi connectivity index (χ4v) is 4.88. The van der Waals surface area contributed by atoms with E-state index in [2.05, 4.69) is 9.44 Å². The van der Waals surface area contributed by atoms with Crippen LogP contribution in [0.25, 0.3) is 0 Å². The Labute approximate surface area is 168 Å². The minimum absolute atomic E-state index is 0.101. The molecular weight excluding hydrogens is 408 g/mol. The topological polar surface area (TPSA) is 81.8 Å². The molecular formula is C17H19ClN4O3S2. The van der Waals surface area contributed by atoms with Crippen molar-refractivity contribution in [2.45, 2.75) is 13.8 Å². The Hall–Kier alpha value is -2.10. The maximum atomic E-state index is 13.0. The summed E-state index contributed by atoms with van der Waals surface area (Å²) in [6.45, 7) is 4.77. The van der Waals surface area contributed by atoms with Crippen molar-refractivity contribution in [2.24, 2.45) is 0 Å². The van der Waals surface area contributed by atoms with Crippen molar-refractivity contribution in [3.63, 3.8) is 0 Å². The van der Waals surface area contributed by atoms with Gasteiger partial charge in [0.25, 0.3) is 15.9 Å². The summed E-state index contributed by atoms with van der Waals surface area (Å²) in [7, 11) is -3.94. The molecule has 0 aliphatic carbocycles. The van der Waals surface area contributed by atoms with Crippen molar-refractivity contribution in [3.8, 4) is 0 Å². The number of nitrogens with one attached hydrogen (secondary N) is 2. The van der Waals surface area contributed by atoms with E-state index in [0.29, 0.717) is 23.8 Å². The summed E-state index contributed by atoms with van der Waals surface area (Å²) in [4.78, 5) is 14.5. The second-order valence-corrected chi connectivity index (χ2v) is 8.61. The molecule has 0 fully saturated rings. The number of allylic oxidation sites excluding steroid dienone is 2. The summed E-state index contributed by atoms with van der Waals surface area (Å²) in [5.41, 5.74) is 0.914. The van der Waals surface area contributed by atoms with E-state index >= 15 is 0 Å². The quantitative estimate of drug-likeness (QED) is 0.679. The van der Waals surface area contributed by atoms with Gasteiger partial charge in [0.15, 0.2) is 0 Å². The molecule has 2 heterocycles. The standard InChI is InChI=1S/C17H19ClN4O3S2/c1-3-21(4-2)17(23)13-8-7-12(18)10-14(13)20-27(24,25)16-6-5-9-22-15(16)11-19-26-22/h5-11,19-20H,3-4H2,1-2H3. The molecule has 1 amide bonds. The van der Waals surface area contributed by atoms with Crippen molar-refractivity contribution in [3.05, 3.63) is 63.9 Å². The number of sulfonamides is 1. The second-order valence-electron chi connectivity index (χ2n) is 5.71. The van der Waals surface area contributed by atoms with E-state index in [1.165, 1.54) is 30.3 Å². The monoisotopic (exact) mass is 426 g/mol. The van der Waals surface area contributed by atoms with E-state index in [0.717, 1.165) is 0 Å². The largest absolute Gasteiger partial charge is 0.339 e. The molecule has 10 heteroatoms. The normalized spacial score (nSPS) is 15.6. The summed E-state index contributed by atoms with van der Waals surface area (Å²) in [6.07, 6.45) is 6.52. The molecule has 144 valence electrons. The first-order valence-corrected chi connectivity index (χ1v) is 10.9. The van der Waals surface area contributed by atoms with Crippen molar-refractivity contribution >= 4 is 45.4 Å². The van der Waals surface area contributed by atoms with Crippen LogP contribution in [0.2, 0.25) is 5.02 Å². The van der Waals surface area contributed by atoms with Crippen LogP contribution in [0.3, 0.4) is 0 Å². The molecule has 0 spiro atoms. The number of nitrogens with zero attached hydrogens (tertiary/aromatic N) is 2. The molecule has 0 saturated carbocycles. The molecule has 3 rings (SSSR count). The van der Waals surface area contributed by atoms with E-state index in [9.17, 15) is 13.2 Å². The number of rotatable bonds is 6. The molecule has 0 atom stereocenters. The van der Waals surface area contributed by atoms with Crippen LogP contribution in [0.4, 0.5) is 5.69 Å². The third-order valence-electron chi connectivity index (χ3n) is 4.10. The lowest BCUT2D eigenvalue weighted by Gasteiger charge is -2.23. The number of fused-ring (bicyclic) bond motifs is 1. The zero-order valence-corrected chi connectivity index (χ0v) is 17.2. The molecule has 7 nitrogen and oxygen atoms in total. The number of hydrogen-bond acceptors (Lipinski definition) is 6. The molecule has 0 unspecified atom stereocenters. The number of carbonyl (C=O) groups excluding carboxylic acids is 1. The van der Waals surface area contributed by atoms with Crippen molar-refractivity contribution in [2.75, 3.05) is 17.8 Å². The van der Waals surface area contributed by atoms with E-state index in [4.69, 9.17) is 11.6 Å². The van der Waals surface area contributed by atoms with Crippen molar-refractivity contribution in [1.29, 1.82) is 0 Å². The second kappa shape index (κ2) is 7.87. The highest BCUT2D eigenvalue weighted by atomic mass is 35.5. The average molecular weight is 427 g/mol. The summed E-state index contributed by atoms with van der Waals surface area (Å²) >= 11 is 7.32. The molecule has 2 aliphatic rings. The van der Waals surface area contributed by atoms with Crippen LogP contribution in [-0.4, -0.2) is 36.6 Å². The average Bonchev–Trinajstić information content (AvgIpc) is 3.11. The van der Waals surface area contributed by atoms with Gasteiger partial charge in [-0.25, -0.2) is 8.42 Å². The van der Waals surface area contributed by atoms with Gasteiger partial charge in [-0.2, -0.15) is 0 Å². The van der Waals surface area contributed by atoms with Crippen LogP contribution in [0, 0.1) is 0 Å². The van der Waals surface area contributed by atoms with Gasteiger partial charge in [-0.15, -0.1) is 0 Å². The van der Waals surface area contributed by atoms with Crippen LogP contribution in [-0.2, 0) is 10.0 Å². The Bertz CT molecular complexity index is 953. The highest BCUT2D eigenvalue weighted by Gasteiger charge is 2.30. The number of benzene rings is 1. The number of carbonyl (C=O) groups is 1. The first-order chi connectivity index (χ1) is 12.9. The van der Waals surface area contributed by atoms with Gasteiger partial charge in [0.1, 0.15) is 4.91 Å². The van der Waals surface area contributed by atoms with Gasteiger partial charge in [-0.05, 0) is 44.2 Å². The lowest BCUT2D eigenvalue weighted by Crippen LogP contribution is -2.31. The number of hydrogen-bond donors (Lipinski definition) is 2. The van der Waals surface area contributed by atoms with Crippen LogP contribution in [0.15, 0.2) is 53.4 Å². The summed E-state index contributed by atoms with van der Waals surface area (Å²) in [5.74, 6) is -0.259.